The predicted molar refractivity (Wildman–Crippen MR) is 121 cm³/mol. The van der Waals surface area contributed by atoms with Crippen LogP contribution in [-0.4, -0.2) is 59.1 Å². The third-order valence-corrected chi connectivity index (χ3v) is 6.04. The summed E-state index contributed by atoms with van der Waals surface area (Å²) in [6.07, 6.45) is 0.860. The zero-order chi connectivity index (χ0) is 21.3. The summed E-state index contributed by atoms with van der Waals surface area (Å²) < 4.78 is 0. The molecule has 0 spiro atoms. The van der Waals surface area contributed by atoms with Gasteiger partial charge >= 0.3 is 0 Å². The Kier molecular flexibility index (Phi) is 7.94. The van der Waals surface area contributed by atoms with Gasteiger partial charge in [-0.3, -0.25) is 9.59 Å². The Morgan fingerprint density at radius 1 is 1.23 bits per heavy atom. The summed E-state index contributed by atoms with van der Waals surface area (Å²) in [5.41, 5.74) is 1.74. The number of nitrogens with zero attached hydrogens (tertiary/aromatic N) is 1. The Labute approximate surface area is 186 Å². The van der Waals surface area contributed by atoms with Crippen LogP contribution in [0.3, 0.4) is 0 Å². The number of carbonyl (C=O) groups is 2. The summed E-state index contributed by atoms with van der Waals surface area (Å²) in [7, 11) is 0. The number of likely N-dealkylation sites (tertiary alicyclic amines) is 1. The monoisotopic (exact) mass is 437 g/mol. The average molecular weight is 438 g/mol. The molecule has 2 amide bonds. The van der Waals surface area contributed by atoms with Crippen LogP contribution >= 0.6 is 12.4 Å². The van der Waals surface area contributed by atoms with E-state index >= 15 is 0 Å². The number of aliphatic hydroxyl groups excluding tert-OH is 1. The van der Waals surface area contributed by atoms with Crippen LogP contribution < -0.4 is 10.6 Å². The van der Waals surface area contributed by atoms with Gasteiger partial charge in [-0.25, -0.2) is 0 Å². The van der Waals surface area contributed by atoms with Gasteiger partial charge in [0.2, 0.25) is 5.91 Å². The van der Waals surface area contributed by atoms with Crippen LogP contribution in [0.2, 0.25) is 0 Å². The summed E-state index contributed by atoms with van der Waals surface area (Å²) in [5, 5.41) is 16.5. The summed E-state index contributed by atoms with van der Waals surface area (Å²) in [6.45, 7) is 11.6. The fourth-order valence-corrected chi connectivity index (χ4v) is 4.42. The van der Waals surface area contributed by atoms with Gasteiger partial charge in [0.05, 0.1) is 12.1 Å². The van der Waals surface area contributed by atoms with Crippen LogP contribution in [0.4, 0.5) is 0 Å². The first-order valence-corrected chi connectivity index (χ1v) is 10.7. The van der Waals surface area contributed by atoms with E-state index in [0.29, 0.717) is 25.1 Å². The van der Waals surface area contributed by atoms with Gasteiger partial charge in [0, 0.05) is 24.7 Å². The molecule has 1 aromatic rings. The van der Waals surface area contributed by atoms with Crippen molar-refractivity contribution in [1.29, 1.82) is 0 Å². The number of fused-ring (bicyclic) bond motifs is 1. The number of β-amino-alcohol motifs (C(OH)–C–C–N with tert-alkyl or cyclic N) is 1. The first-order valence-electron chi connectivity index (χ1n) is 10.7. The van der Waals surface area contributed by atoms with Crippen LogP contribution in [0.15, 0.2) is 24.3 Å². The van der Waals surface area contributed by atoms with Crippen molar-refractivity contribution in [2.45, 2.75) is 77.1 Å². The molecule has 0 bridgehead atoms. The maximum atomic E-state index is 13.3. The molecule has 3 N–H and O–H groups in total. The molecule has 2 fully saturated rings. The first kappa shape index (κ1) is 24.6. The van der Waals surface area contributed by atoms with E-state index in [1.54, 1.807) is 4.90 Å². The van der Waals surface area contributed by atoms with Crippen LogP contribution in [0, 0.1) is 5.92 Å². The maximum Gasteiger partial charge on any atom is 0.251 e. The molecular weight excluding hydrogens is 402 g/mol. The molecule has 2 aliphatic heterocycles. The number of carbonyl (C=O) groups excluding carboxylic acids is 2. The Morgan fingerprint density at radius 2 is 1.87 bits per heavy atom. The molecule has 3 rings (SSSR count). The highest BCUT2D eigenvalue weighted by molar-refractivity contribution is 5.97. The second-order valence-corrected chi connectivity index (χ2v) is 9.88. The zero-order valence-electron chi connectivity index (χ0n) is 18.6. The Hall–Kier alpha value is -1.63. The van der Waals surface area contributed by atoms with E-state index in [1.165, 1.54) is 0 Å². The fraction of sp³-hybridized carbons (Fsp3) is 0.652. The summed E-state index contributed by atoms with van der Waals surface area (Å²) in [4.78, 5) is 27.9. The van der Waals surface area contributed by atoms with Crippen molar-refractivity contribution >= 4 is 24.2 Å². The van der Waals surface area contributed by atoms with Crippen LogP contribution in [0.25, 0.3) is 0 Å². The fourth-order valence-electron chi connectivity index (χ4n) is 4.42. The van der Waals surface area contributed by atoms with E-state index in [0.717, 1.165) is 12.0 Å². The zero-order valence-corrected chi connectivity index (χ0v) is 19.5. The van der Waals surface area contributed by atoms with Crippen molar-refractivity contribution in [1.82, 2.24) is 15.5 Å². The molecule has 2 unspecified atom stereocenters. The van der Waals surface area contributed by atoms with Gasteiger partial charge in [-0.2, -0.15) is 0 Å². The molecule has 2 heterocycles. The third-order valence-electron chi connectivity index (χ3n) is 6.04. The van der Waals surface area contributed by atoms with E-state index in [1.807, 2.05) is 38.1 Å². The van der Waals surface area contributed by atoms with Crippen molar-refractivity contribution in [3.05, 3.63) is 35.4 Å². The lowest BCUT2D eigenvalue weighted by atomic mass is 9.86. The van der Waals surface area contributed by atoms with Crippen LogP contribution in [0.1, 0.15) is 63.4 Å². The Balaban J connectivity index is 0.00000320. The molecule has 7 heteroatoms. The largest absolute Gasteiger partial charge is 0.390 e. The van der Waals surface area contributed by atoms with Crippen LogP contribution in [0.5, 0.6) is 0 Å². The van der Waals surface area contributed by atoms with Crippen molar-refractivity contribution in [3.8, 4) is 0 Å². The van der Waals surface area contributed by atoms with Gasteiger partial charge in [0.15, 0.2) is 0 Å². The van der Waals surface area contributed by atoms with E-state index in [2.05, 4.69) is 31.4 Å². The lowest BCUT2D eigenvalue weighted by Crippen LogP contribution is -2.53. The number of halogens is 1. The normalized spacial score (nSPS) is 24.4. The molecule has 2 aliphatic rings. The molecule has 0 aliphatic carbocycles. The molecule has 6 nitrogen and oxygen atoms in total. The number of amides is 2. The number of nitrogens with one attached hydrogen (secondary N) is 2. The molecule has 30 heavy (non-hydrogen) atoms. The SMILES string of the molecule is CC(C)C[C@H](NC(=O)c1ccc(C(C)(C)C)cc1)C(=O)N1CCC2NC[C@H](O)C21.Cl. The van der Waals surface area contributed by atoms with Crippen molar-refractivity contribution in [2.24, 2.45) is 5.92 Å². The highest BCUT2D eigenvalue weighted by Gasteiger charge is 2.46. The minimum atomic E-state index is -0.587. The number of rotatable bonds is 5. The third kappa shape index (κ3) is 5.34. The van der Waals surface area contributed by atoms with E-state index in [9.17, 15) is 14.7 Å². The van der Waals surface area contributed by atoms with Gasteiger partial charge in [-0.1, -0.05) is 46.8 Å². The summed E-state index contributed by atoms with van der Waals surface area (Å²) in [6, 6.07) is 6.96. The molecule has 0 aromatic heterocycles. The van der Waals surface area contributed by atoms with Gasteiger partial charge < -0.3 is 20.6 Å². The number of hydrogen-bond acceptors (Lipinski definition) is 4. The van der Waals surface area contributed by atoms with Gasteiger partial charge in [-0.15, -0.1) is 12.4 Å². The number of hydrogen-bond donors (Lipinski definition) is 3. The lowest BCUT2D eigenvalue weighted by Gasteiger charge is -2.31. The van der Waals surface area contributed by atoms with Gasteiger partial charge in [-0.05, 0) is 41.9 Å². The van der Waals surface area contributed by atoms with E-state index < -0.39 is 12.1 Å². The van der Waals surface area contributed by atoms with E-state index in [-0.39, 0.29) is 47.6 Å². The van der Waals surface area contributed by atoms with Crippen molar-refractivity contribution in [3.63, 3.8) is 0 Å². The summed E-state index contributed by atoms with van der Waals surface area (Å²) >= 11 is 0. The number of aliphatic hydroxyl groups is 1. The average Bonchev–Trinajstić information content (AvgIpc) is 3.23. The molecule has 4 atom stereocenters. The molecule has 2 saturated heterocycles. The minimum Gasteiger partial charge on any atom is -0.390 e. The topological polar surface area (TPSA) is 81.7 Å². The van der Waals surface area contributed by atoms with Gasteiger partial charge in [0.25, 0.3) is 5.91 Å². The van der Waals surface area contributed by atoms with Crippen molar-refractivity contribution < 1.29 is 14.7 Å². The molecule has 0 saturated carbocycles. The highest BCUT2D eigenvalue weighted by atomic mass is 35.5. The maximum absolute atomic E-state index is 13.3. The summed E-state index contributed by atoms with van der Waals surface area (Å²) in [5.74, 6) is -0.0588. The second kappa shape index (κ2) is 9.67. The van der Waals surface area contributed by atoms with E-state index in [4.69, 9.17) is 0 Å². The quantitative estimate of drug-likeness (QED) is 0.661. The first-order chi connectivity index (χ1) is 13.6. The van der Waals surface area contributed by atoms with Crippen molar-refractivity contribution in [2.75, 3.05) is 13.1 Å². The highest BCUT2D eigenvalue weighted by Crippen LogP contribution is 2.27. The Morgan fingerprint density at radius 3 is 2.43 bits per heavy atom. The predicted octanol–water partition coefficient (Wildman–Crippen LogP) is 2.48. The lowest BCUT2D eigenvalue weighted by molar-refractivity contribution is -0.136. The standard InChI is InChI=1S/C23H35N3O3.ClH/c1-14(2)12-18(22(29)26-11-10-17-20(26)19(27)13-24-17)25-21(28)15-6-8-16(9-7-15)23(3,4)5;/h6-9,14,17-20,24,27H,10-13H2,1-5H3,(H,25,28);1H/t17?,18-,19-,20?;/m0./s1. The smallest absolute Gasteiger partial charge is 0.251 e. The minimum absolute atomic E-state index is 0. The molecule has 168 valence electrons. The van der Waals surface area contributed by atoms with Gasteiger partial charge in [0.1, 0.15) is 6.04 Å². The molecule has 0 radical (unpaired) electrons. The molecule has 1 aromatic carbocycles. The van der Waals surface area contributed by atoms with Crippen LogP contribution in [-0.2, 0) is 10.2 Å². The Bertz CT molecular complexity index is 745. The second-order valence-electron chi connectivity index (χ2n) is 9.88. The molecular formula is C23H36ClN3O3. The number of benzene rings is 1.